The molecular formula is C18H29NO3S. The second-order valence-corrected chi connectivity index (χ2v) is 9.44. The molecule has 0 saturated carbocycles. The van der Waals surface area contributed by atoms with Crippen LogP contribution < -0.4 is 5.32 Å². The number of hydrogen-bond acceptors (Lipinski definition) is 3. The molecule has 1 atom stereocenters. The summed E-state index contributed by atoms with van der Waals surface area (Å²) in [7, 11) is -3.34. The summed E-state index contributed by atoms with van der Waals surface area (Å²) in [4.78, 5) is 12.0. The van der Waals surface area contributed by atoms with E-state index in [4.69, 9.17) is 0 Å². The Balaban J connectivity index is 2.52. The lowest BCUT2D eigenvalue weighted by Crippen LogP contribution is -2.39. The summed E-state index contributed by atoms with van der Waals surface area (Å²) < 4.78 is 23.8. The van der Waals surface area contributed by atoms with E-state index in [0.29, 0.717) is 19.4 Å². The fraction of sp³-hybridized carbons (Fsp3) is 0.611. The van der Waals surface area contributed by atoms with Crippen LogP contribution in [-0.4, -0.2) is 31.9 Å². The minimum Gasteiger partial charge on any atom is -0.355 e. The van der Waals surface area contributed by atoms with Crippen molar-refractivity contribution in [3.05, 3.63) is 35.4 Å². The molecule has 130 valence electrons. The maximum atomic E-state index is 12.0. The molecule has 0 aliphatic carbocycles. The second kappa shape index (κ2) is 7.95. The largest absolute Gasteiger partial charge is 0.355 e. The molecule has 0 heterocycles. The van der Waals surface area contributed by atoms with Gasteiger partial charge in [-0.05, 0) is 36.3 Å². The first-order valence-corrected chi connectivity index (χ1v) is 9.88. The van der Waals surface area contributed by atoms with Crippen molar-refractivity contribution >= 4 is 15.7 Å². The highest BCUT2D eigenvalue weighted by atomic mass is 32.2. The lowest BCUT2D eigenvalue weighted by molar-refractivity contribution is -0.120. The van der Waals surface area contributed by atoms with E-state index in [1.165, 1.54) is 12.5 Å². The third-order valence-corrected chi connectivity index (χ3v) is 6.20. The molecule has 1 N–H and O–H groups in total. The van der Waals surface area contributed by atoms with Crippen molar-refractivity contribution in [1.29, 1.82) is 0 Å². The fourth-order valence-electron chi connectivity index (χ4n) is 2.27. The van der Waals surface area contributed by atoms with Gasteiger partial charge in [0.15, 0.2) is 9.84 Å². The van der Waals surface area contributed by atoms with Crippen LogP contribution in [0.25, 0.3) is 0 Å². The Morgan fingerprint density at radius 3 is 2.22 bits per heavy atom. The van der Waals surface area contributed by atoms with Crippen LogP contribution in [0, 0.1) is 0 Å². The molecule has 4 nitrogen and oxygen atoms in total. The van der Waals surface area contributed by atoms with Crippen LogP contribution in [0.1, 0.15) is 52.2 Å². The van der Waals surface area contributed by atoms with Crippen LogP contribution >= 0.6 is 0 Å². The van der Waals surface area contributed by atoms with Gasteiger partial charge >= 0.3 is 0 Å². The van der Waals surface area contributed by atoms with E-state index in [2.05, 4.69) is 50.4 Å². The van der Waals surface area contributed by atoms with Crippen molar-refractivity contribution in [2.24, 2.45) is 0 Å². The van der Waals surface area contributed by atoms with Gasteiger partial charge in [0.1, 0.15) is 5.25 Å². The van der Waals surface area contributed by atoms with Gasteiger partial charge < -0.3 is 5.32 Å². The van der Waals surface area contributed by atoms with E-state index in [1.54, 1.807) is 6.92 Å². The Morgan fingerprint density at radius 2 is 1.74 bits per heavy atom. The topological polar surface area (TPSA) is 63.2 Å². The number of amides is 1. The van der Waals surface area contributed by atoms with Gasteiger partial charge in [-0.2, -0.15) is 0 Å². The maximum absolute atomic E-state index is 12.0. The van der Waals surface area contributed by atoms with Gasteiger partial charge in [-0.15, -0.1) is 0 Å². The molecule has 0 saturated heterocycles. The van der Waals surface area contributed by atoms with Crippen molar-refractivity contribution in [1.82, 2.24) is 5.32 Å². The molecule has 5 heteroatoms. The third kappa shape index (κ3) is 5.98. The van der Waals surface area contributed by atoms with Crippen LogP contribution in [0.5, 0.6) is 0 Å². The Kier molecular flexibility index (Phi) is 6.81. The zero-order valence-corrected chi connectivity index (χ0v) is 15.7. The van der Waals surface area contributed by atoms with Gasteiger partial charge in [-0.3, -0.25) is 4.79 Å². The quantitative estimate of drug-likeness (QED) is 0.831. The van der Waals surface area contributed by atoms with E-state index in [0.717, 1.165) is 5.56 Å². The first-order valence-electron chi connectivity index (χ1n) is 8.16. The normalized spacial score (nSPS) is 13.6. The van der Waals surface area contributed by atoms with E-state index in [-0.39, 0.29) is 11.2 Å². The summed E-state index contributed by atoms with van der Waals surface area (Å²) >= 11 is 0. The highest BCUT2D eigenvalue weighted by Gasteiger charge is 2.26. The molecule has 0 radical (unpaired) electrons. The molecule has 0 spiro atoms. The molecule has 1 amide bonds. The van der Waals surface area contributed by atoms with E-state index in [9.17, 15) is 13.2 Å². The molecule has 0 fully saturated rings. The average molecular weight is 340 g/mol. The Labute approximate surface area is 140 Å². The Hall–Kier alpha value is -1.36. The van der Waals surface area contributed by atoms with Crippen LogP contribution in [-0.2, 0) is 26.5 Å². The molecule has 0 aliphatic rings. The minimum absolute atomic E-state index is 0.0514. The Bertz CT molecular complexity index is 613. The molecular weight excluding hydrogens is 310 g/mol. The highest BCUT2D eigenvalue weighted by molar-refractivity contribution is 7.92. The summed E-state index contributed by atoms with van der Waals surface area (Å²) in [5, 5.41) is 1.74. The summed E-state index contributed by atoms with van der Waals surface area (Å²) in [6.07, 6.45) is 1.22. The van der Waals surface area contributed by atoms with Crippen molar-refractivity contribution in [3.63, 3.8) is 0 Å². The van der Waals surface area contributed by atoms with Crippen molar-refractivity contribution in [2.45, 2.75) is 58.1 Å². The van der Waals surface area contributed by atoms with E-state index >= 15 is 0 Å². The summed E-state index contributed by atoms with van der Waals surface area (Å²) in [5.41, 5.74) is 2.52. The number of carbonyl (C=O) groups excluding carboxylic acids is 1. The average Bonchev–Trinajstić information content (AvgIpc) is 2.45. The monoisotopic (exact) mass is 339 g/mol. The summed E-state index contributed by atoms with van der Waals surface area (Å²) in [5.74, 6) is -0.361. The summed E-state index contributed by atoms with van der Waals surface area (Å²) in [6.45, 7) is 10.2. The third-order valence-electron chi connectivity index (χ3n) is 3.93. The standard InChI is InChI=1S/C18H29NO3S/c1-6-13-23(21,22)14(2)17(20)19-12-11-15-7-9-16(10-8-15)18(3,4)5/h7-10,14H,6,11-13H2,1-5H3,(H,19,20)/t14-/m1/s1. The van der Waals surface area contributed by atoms with Gasteiger partial charge in [-0.25, -0.2) is 8.42 Å². The van der Waals surface area contributed by atoms with Crippen molar-refractivity contribution < 1.29 is 13.2 Å². The van der Waals surface area contributed by atoms with Gasteiger partial charge in [0.05, 0.1) is 5.75 Å². The zero-order valence-electron chi connectivity index (χ0n) is 14.8. The number of carbonyl (C=O) groups is 1. The number of hydrogen-bond donors (Lipinski definition) is 1. The van der Waals surface area contributed by atoms with Gasteiger partial charge in [0.25, 0.3) is 0 Å². The van der Waals surface area contributed by atoms with E-state index < -0.39 is 21.0 Å². The van der Waals surface area contributed by atoms with E-state index in [1.807, 2.05) is 0 Å². The predicted molar refractivity (Wildman–Crippen MR) is 95.4 cm³/mol. The first-order chi connectivity index (χ1) is 10.6. The lowest BCUT2D eigenvalue weighted by atomic mass is 9.86. The number of sulfone groups is 1. The van der Waals surface area contributed by atoms with Crippen molar-refractivity contribution in [3.8, 4) is 0 Å². The van der Waals surface area contributed by atoms with Crippen LogP contribution in [0.2, 0.25) is 0 Å². The highest BCUT2D eigenvalue weighted by Crippen LogP contribution is 2.22. The molecule has 0 unspecified atom stereocenters. The molecule has 1 rings (SSSR count). The Morgan fingerprint density at radius 1 is 1.17 bits per heavy atom. The number of rotatable bonds is 7. The molecule has 1 aromatic rings. The van der Waals surface area contributed by atoms with Crippen LogP contribution in [0.3, 0.4) is 0 Å². The maximum Gasteiger partial charge on any atom is 0.238 e. The molecule has 0 aromatic heterocycles. The second-order valence-electron chi connectivity index (χ2n) is 7.00. The SMILES string of the molecule is CCCS(=O)(=O)[C@H](C)C(=O)NCCc1ccc(C(C)(C)C)cc1. The molecule has 23 heavy (non-hydrogen) atoms. The fourth-order valence-corrected chi connectivity index (χ4v) is 3.60. The smallest absolute Gasteiger partial charge is 0.238 e. The summed E-state index contributed by atoms with van der Waals surface area (Å²) in [6, 6.07) is 8.32. The molecule has 0 bridgehead atoms. The number of nitrogens with one attached hydrogen (secondary N) is 1. The lowest BCUT2D eigenvalue weighted by Gasteiger charge is -2.19. The van der Waals surface area contributed by atoms with Crippen LogP contribution in [0.4, 0.5) is 0 Å². The number of benzene rings is 1. The predicted octanol–water partition coefficient (Wildman–Crippen LogP) is 2.86. The molecule has 0 aliphatic heterocycles. The van der Waals surface area contributed by atoms with Gasteiger partial charge in [0, 0.05) is 6.54 Å². The molecule has 1 aromatic carbocycles. The van der Waals surface area contributed by atoms with Crippen molar-refractivity contribution in [2.75, 3.05) is 12.3 Å². The van der Waals surface area contributed by atoms with Gasteiger partial charge in [0.2, 0.25) is 5.91 Å². The zero-order chi connectivity index (χ0) is 17.7. The first kappa shape index (κ1) is 19.7. The van der Waals surface area contributed by atoms with Gasteiger partial charge in [-0.1, -0.05) is 52.0 Å². The van der Waals surface area contributed by atoms with Crippen LogP contribution in [0.15, 0.2) is 24.3 Å². The minimum atomic E-state index is -3.34.